The number of ether oxygens (including phenoxy) is 1. The van der Waals surface area contributed by atoms with Crippen molar-refractivity contribution in [3.05, 3.63) is 66.0 Å². The lowest BCUT2D eigenvalue weighted by molar-refractivity contribution is 0.194. The van der Waals surface area contributed by atoms with E-state index in [0.29, 0.717) is 19.6 Å². The van der Waals surface area contributed by atoms with E-state index < -0.39 is 5.82 Å². The van der Waals surface area contributed by atoms with Crippen molar-refractivity contribution >= 4 is 6.03 Å². The summed E-state index contributed by atoms with van der Waals surface area (Å²) in [6.07, 6.45) is 0. The monoisotopic (exact) mass is 316 g/mol. The van der Waals surface area contributed by atoms with E-state index in [0.717, 1.165) is 5.56 Å². The van der Waals surface area contributed by atoms with Crippen molar-refractivity contribution in [3.63, 3.8) is 0 Å². The molecule has 0 spiro atoms. The van der Waals surface area contributed by atoms with Gasteiger partial charge < -0.3 is 15.0 Å². The Bertz CT molecular complexity index is 619. The molecule has 5 heteroatoms. The van der Waals surface area contributed by atoms with Crippen LogP contribution in [0.15, 0.2) is 54.6 Å². The fourth-order valence-electron chi connectivity index (χ4n) is 2.12. The normalized spacial score (nSPS) is 10.2. The van der Waals surface area contributed by atoms with Crippen LogP contribution in [0.25, 0.3) is 0 Å². The standard InChI is InChI=1S/C18H21FN2O2/c1-2-21(14-15-8-4-3-5-9-15)18(22)20-12-13-23-17-11-7-6-10-16(17)19/h3-11H,2,12-14H2,1H3,(H,20,22). The minimum Gasteiger partial charge on any atom is -0.489 e. The van der Waals surface area contributed by atoms with Gasteiger partial charge in [0.1, 0.15) is 6.61 Å². The van der Waals surface area contributed by atoms with Crippen molar-refractivity contribution in [3.8, 4) is 5.75 Å². The van der Waals surface area contributed by atoms with Gasteiger partial charge in [0.25, 0.3) is 0 Å². The molecule has 122 valence electrons. The molecular weight excluding hydrogens is 295 g/mol. The Balaban J connectivity index is 1.75. The van der Waals surface area contributed by atoms with E-state index in [2.05, 4.69) is 5.32 Å². The molecule has 1 N–H and O–H groups in total. The van der Waals surface area contributed by atoms with E-state index >= 15 is 0 Å². The molecule has 0 atom stereocenters. The maximum Gasteiger partial charge on any atom is 0.317 e. The van der Waals surface area contributed by atoms with Crippen LogP contribution in [0.3, 0.4) is 0 Å². The maximum absolute atomic E-state index is 13.4. The highest BCUT2D eigenvalue weighted by atomic mass is 19.1. The van der Waals surface area contributed by atoms with Crippen molar-refractivity contribution in [2.45, 2.75) is 13.5 Å². The lowest BCUT2D eigenvalue weighted by Gasteiger charge is -2.21. The number of carbonyl (C=O) groups excluding carboxylic acids is 1. The Kier molecular flexibility index (Phi) is 6.41. The smallest absolute Gasteiger partial charge is 0.317 e. The van der Waals surface area contributed by atoms with Gasteiger partial charge in [0.05, 0.1) is 6.54 Å². The van der Waals surface area contributed by atoms with E-state index in [1.807, 2.05) is 37.3 Å². The summed E-state index contributed by atoms with van der Waals surface area (Å²) < 4.78 is 18.7. The Morgan fingerprint density at radius 1 is 1.13 bits per heavy atom. The third-order valence-electron chi connectivity index (χ3n) is 3.36. The summed E-state index contributed by atoms with van der Waals surface area (Å²) in [6.45, 7) is 3.62. The number of hydrogen-bond donors (Lipinski definition) is 1. The number of hydrogen-bond acceptors (Lipinski definition) is 2. The molecule has 23 heavy (non-hydrogen) atoms. The molecule has 2 aromatic carbocycles. The summed E-state index contributed by atoms with van der Waals surface area (Å²) in [4.78, 5) is 13.8. The number of urea groups is 1. The van der Waals surface area contributed by atoms with Gasteiger partial charge in [-0.3, -0.25) is 0 Å². The highest BCUT2D eigenvalue weighted by molar-refractivity contribution is 5.74. The second-order valence-electron chi connectivity index (χ2n) is 5.01. The van der Waals surface area contributed by atoms with Crippen LogP contribution in [-0.4, -0.2) is 30.6 Å². The van der Waals surface area contributed by atoms with Crippen LogP contribution in [-0.2, 0) is 6.54 Å². The van der Waals surface area contributed by atoms with Crippen LogP contribution in [0.2, 0.25) is 0 Å². The first-order valence-corrected chi connectivity index (χ1v) is 7.64. The van der Waals surface area contributed by atoms with Crippen molar-refractivity contribution in [2.75, 3.05) is 19.7 Å². The topological polar surface area (TPSA) is 41.6 Å². The lowest BCUT2D eigenvalue weighted by atomic mass is 10.2. The molecule has 0 unspecified atom stereocenters. The molecule has 2 rings (SSSR count). The van der Waals surface area contributed by atoms with Crippen LogP contribution < -0.4 is 10.1 Å². The molecule has 0 saturated carbocycles. The van der Waals surface area contributed by atoms with E-state index in [9.17, 15) is 9.18 Å². The molecule has 0 aromatic heterocycles. The van der Waals surface area contributed by atoms with Crippen LogP contribution in [0.4, 0.5) is 9.18 Å². The maximum atomic E-state index is 13.4. The first-order chi connectivity index (χ1) is 11.2. The molecule has 0 saturated heterocycles. The number of amides is 2. The minimum atomic E-state index is -0.405. The molecule has 0 fully saturated rings. The quantitative estimate of drug-likeness (QED) is 0.795. The largest absolute Gasteiger partial charge is 0.489 e. The number of benzene rings is 2. The SMILES string of the molecule is CCN(Cc1ccccc1)C(=O)NCCOc1ccccc1F. The summed E-state index contributed by atoms with van der Waals surface area (Å²) >= 11 is 0. The fraction of sp³-hybridized carbons (Fsp3) is 0.278. The molecule has 0 heterocycles. The van der Waals surface area contributed by atoms with Crippen LogP contribution >= 0.6 is 0 Å². The van der Waals surface area contributed by atoms with Gasteiger partial charge in [0.2, 0.25) is 0 Å². The number of nitrogens with zero attached hydrogens (tertiary/aromatic N) is 1. The number of para-hydroxylation sites is 1. The second-order valence-corrected chi connectivity index (χ2v) is 5.01. The average molecular weight is 316 g/mol. The summed E-state index contributed by atoms with van der Waals surface area (Å²) in [5, 5.41) is 2.78. The van der Waals surface area contributed by atoms with Gasteiger partial charge in [-0.15, -0.1) is 0 Å². The van der Waals surface area contributed by atoms with Crippen LogP contribution in [0, 0.1) is 5.82 Å². The zero-order chi connectivity index (χ0) is 16.5. The summed E-state index contributed by atoms with van der Waals surface area (Å²) in [7, 11) is 0. The lowest BCUT2D eigenvalue weighted by Crippen LogP contribution is -2.41. The van der Waals surface area contributed by atoms with Crippen LogP contribution in [0.1, 0.15) is 12.5 Å². The van der Waals surface area contributed by atoms with Gasteiger partial charge in [-0.1, -0.05) is 42.5 Å². The first kappa shape index (κ1) is 16.8. The first-order valence-electron chi connectivity index (χ1n) is 7.64. The zero-order valence-electron chi connectivity index (χ0n) is 13.2. The zero-order valence-corrected chi connectivity index (χ0v) is 13.2. The molecular formula is C18H21FN2O2. The van der Waals surface area contributed by atoms with Gasteiger partial charge in [-0.2, -0.15) is 0 Å². The van der Waals surface area contributed by atoms with Crippen LogP contribution in [0.5, 0.6) is 5.75 Å². The Morgan fingerprint density at radius 3 is 2.52 bits per heavy atom. The second kappa shape index (κ2) is 8.78. The van der Waals surface area contributed by atoms with Crippen molar-refractivity contribution in [2.24, 2.45) is 0 Å². The Hall–Kier alpha value is -2.56. The van der Waals surface area contributed by atoms with Gasteiger partial charge >= 0.3 is 6.03 Å². The van der Waals surface area contributed by atoms with E-state index in [-0.39, 0.29) is 18.4 Å². The molecule has 0 bridgehead atoms. The summed E-state index contributed by atoms with van der Waals surface area (Å²) in [6, 6.07) is 15.9. The van der Waals surface area contributed by atoms with Gasteiger partial charge in [0, 0.05) is 13.1 Å². The molecule has 0 radical (unpaired) electrons. The minimum absolute atomic E-state index is 0.159. The van der Waals surface area contributed by atoms with Crippen molar-refractivity contribution in [1.82, 2.24) is 10.2 Å². The third-order valence-corrected chi connectivity index (χ3v) is 3.36. The highest BCUT2D eigenvalue weighted by Crippen LogP contribution is 2.14. The predicted molar refractivity (Wildman–Crippen MR) is 87.8 cm³/mol. The van der Waals surface area contributed by atoms with Gasteiger partial charge in [-0.25, -0.2) is 9.18 Å². The summed E-state index contributed by atoms with van der Waals surface area (Å²) in [5.41, 5.74) is 1.08. The van der Waals surface area contributed by atoms with E-state index in [4.69, 9.17) is 4.74 Å². The number of rotatable bonds is 7. The molecule has 0 aliphatic heterocycles. The highest BCUT2D eigenvalue weighted by Gasteiger charge is 2.11. The fourth-order valence-corrected chi connectivity index (χ4v) is 2.12. The third kappa shape index (κ3) is 5.29. The molecule has 2 aromatic rings. The molecule has 0 aliphatic carbocycles. The van der Waals surface area contributed by atoms with E-state index in [1.54, 1.807) is 23.1 Å². The average Bonchev–Trinajstić information content (AvgIpc) is 2.58. The number of carbonyl (C=O) groups is 1. The molecule has 0 aliphatic rings. The molecule has 2 amide bonds. The van der Waals surface area contributed by atoms with E-state index in [1.165, 1.54) is 6.07 Å². The number of nitrogens with one attached hydrogen (secondary N) is 1. The Morgan fingerprint density at radius 2 is 1.83 bits per heavy atom. The molecule has 4 nitrogen and oxygen atoms in total. The van der Waals surface area contributed by atoms with Gasteiger partial charge in [-0.05, 0) is 24.6 Å². The van der Waals surface area contributed by atoms with Gasteiger partial charge in [0.15, 0.2) is 11.6 Å². The Labute approximate surface area is 135 Å². The van der Waals surface area contributed by atoms with Crippen molar-refractivity contribution < 1.29 is 13.9 Å². The number of halogens is 1. The predicted octanol–water partition coefficient (Wildman–Crippen LogP) is 3.44. The van der Waals surface area contributed by atoms with Crippen molar-refractivity contribution in [1.29, 1.82) is 0 Å². The summed E-state index contributed by atoms with van der Waals surface area (Å²) in [5.74, 6) is -0.212.